The van der Waals surface area contributed by atoms with Gasteiger partial charge in [0.2, 0.25) is 0 Å². The lowest BCUT2D eigenvalue weighted by Crippen LogP contribution is -2.25. The van der Waals surface area contributed by atoms with Crippen molar-refractivity contribution in [3.8, 4) is 0 Å². The van der Waals surface area contributed by atoms with Crippen LogP contribution in [0.4, 0.5) is 5.69 Å². The Kier molecular flexibility index (Phi) is 4.04. The summed E-state index contributed by atoms with van der Waals surface area (Å²) in [5.74, 6) is -0.689. The van der Waals surface area contributed by atoms with Gasteiger partial charge < -0.3 is 14.4 Å². The molecule has 2 rings (SSSR count). The Labute approximate surface area is 112 Å². The molecule has 19 heavy (non-hydrogen) atoms. The van der Waals surface area contributed by atoms with E-state index < -0.39 is 0 Å². The zero-order valence-corrected chi connectivity index (χ0v) is 11.1. The fourth-order valence-electron chi connectivity index (χ4n) is 2.37. The summed E-state index contributed by atoms with van der Waals surface area (Å²) >= 11 is 0. The van der Waals surface area contributed by atoms with E-state index in [1.807, 2.05) is 17.0 Å². The van der Waals surface area contributed by atoms with Crippen molar-refractivity contribution in [3.63, 3.8) is 0 Å². The molecular weight excluding hydrogens is 246 g/mol. The van der Waals surface area contributed by atoms with Crippen LogP contribution in [0.2, 0.25) is 0 Å². The molecule has 0 aliphatic carbocycles. The monoisotopic (exact) mass is 263 g/mol. The first-order chi connectivity index (χ1) is 9.17. The SMILES string of the molecule is COC(=O)c1ccccc1N1CCC(C(=O)OC)C1. The summed E-state index contributed by atoms with van der Waals surface area (Å²) in [6.07, 6.45) is 0.738. The van der Waals surface area contributed by atoms with Gasteiger partial charge in [0.05, 0.1) is 31.4 Å². The number of methoxy groups -OCH3 is 2. The van der Waals surface area contributed by atoms with Gasteiger partial charge in [-0.25, -0.2) is 4.79 Å². The minimum Gasteiger partial charge on any atom is -0.469 e. The van der Waals surface area contributed by atoms with Crippen LogP contribution in [-0.2, 0) is 14.3 Å². The molecule has 102 valence electrons. The van der Waals surface area contributed by atoms with E-state index in [1.165, 1.54) is 14.2 Å². The summed E-state index contributed by atoms with van der Waals surface area (Å²) in [4.78, 5) is 25.3. The van der Waals surface area contributed by atoms with Crippen molar-refractivity contribution in [1.29, 1.82) is 0 Å². The molecular formula is C14H17NO4. The van der Waals surface area contributed by atoms with Crippen molar-refractivity contribution in [3.05, 3.63) is 29.8 Å². The van der Waals surface area contributed by atoms with Crippen LogP contribution < -0.4 is 4.90 Å². The molecule has 5 heteroatoms. The van der Waals surface area contributed by atoms with Gasteiger partial charge in [0.15, 0.2) is 0 Å². The lowest BCUT2D eigenvalue weighted by molar-refractivity contribution is -0.144. The molecule has 1 fully saturated rings. The molecule has 1 aliphatic rings. The van der Waals surface area contributed by atoms with Gasteiger partial charge in [-0.3, -0.25) is 4.79 Å². The van der Waals surface area contributed by atoms with Crippen LogP contribution in [0, 0.1) is 5.92 Å². The number of anilines is 1. The van der Waals surface area contributed by atoms with Gasteiger partial charge in [-0.1, -0.05) is 12.1 Å². The van der Waals surface area contributed by atoms with Crippen molar-refractivity contribution in [2.45, 2.75) is 6.42 Å². The number of benzene rings is 1. The van der Waals surface area contributed by atoms with Crippen LogP contribution in [0.1, 0.15) is 16.8 Å². The summed E-state index contributed by atoms with van der Waals surface area (Å²) in [5, 5.41) is 0. The summed E-state index contributed by atoms with van der Waals surface area (Å²) in [6, 6.07) is 7.26. The third-order valence-electron chi connectivity index (χ3n) is 3.37. The summed E-state index contributed by atoms with van der Waals surface area (Å²) in [5.41, 5.74) is 1.33. The van der Waals surface area contributed by atoms with E-state index in [9.17, 15) is 9.59 Å². The zero-order valence-electron chi connectivity index (χ0n) is 11.1. The van der Waals surface area contributed by atoms with Crippen molar-refractivity contribution in [2.75, 3.05) is 32.2 Å². The normalized spacial score (nSPS) is 18.2. The first-order valence-electron chi connectivity index (χ1n) is 6.17. The number of carbonyl (C=O) groups excluding carboxylic acids is 2. The number of esters is 2. The molecule has 0 amide bonds. The van der Waals surface area contributed by atoms with Crippen LogP contribution in [0.5, 0.6) is 0 Å². The summed E-state index contributed by atoms with van der Waals surface area (Å²) in [7, 11) is 2.76. The average Bonchev–Trinajstić information content (AvgIpc) is 2.95. The highest BCUT2D eigenvalue weighted by Gasteiger charge is 2.30. The zero-order chi connectivity index (χ0) is 13.8. The smallest absolute Gasteiger partial charge is 0.339 e. The van der Waals surface area contributed by atoms with Crippen LogP contribution in [0.3, 0.4) is 0 Å². The van der Waals surface area contributed by atoms with Crippen molar-refractivity contribution in [1.82, 2.24) is 0 Å². The van der Waals surface area contributed by atoms with E-state index in [-0.39, 0.29) is 17.9 Å². The fourth-order valence-corrected chi connectivity index (χ4v) is 2.37. The molecule has 0 radical (unpaired) electrons. The number of ether oxygens (including phenoxy) is 2. The van der Waals surface area contributed by atoms with Crippen LogP contribution in [0.15, 0.2) is 24.3 Å². The second-order valence-electron chi connectivity index (χ2n) is 4.46. The quantitative estimate of drug-likeness (QED) is 0.773. The van der Waals surface area contributed by atoms with Gasteiger partial charge in [-0.2, -0.15) is 0 Å². The van der Waals surface area contributed by atoms with E-state index in [0.717, 1.165) is 18.7 Å². The molecule has 0 spiro atoms. The maximum atomic E-state index is 11.7. The largest absolute Gasteiger partial charge is 0.469 e. The third kappa shape index (κ3) is 2.70. The second kappa shape index (κ2) is 5.73. The number of hydrogen-bond acceptors (Lipinski definition) is 5. The second-order valence-corrected chi connectivity index (χ2v) is 4.46. The van der Waals surface area contributed by atoms with Gasteiger partial charge in [0, 0.05) is 13.1 Å². The first-order valence-corrected chi connectivity index (χ1v) is 6.17. The van der Waals surface area contributed by atoms with Crippen LogP contribution in [0.25, 0.3) is 0 Å². The van der Waals surface area contributed by atoms with E-state index >= 15 is 0 Å². The molecule has 1 atom stereocenters. The Morgan fingerprint density at radius 3 is 2.63 bits per heavy atom. The number of carbonyl (C=O) groups is 2. The standard InChI is InChI=1S/C14H17NO4/c1-18-13(16)10-7-8-15(9-10)12-6-4-3-5-11(12)14(17)19-2/h3-6,10H,7-9H2,1-2H3. The molecule has 1 heterocycles. The Morgan fingerprint density at radius 2 is 1.95 bits per heavy atom. The first kappa shape index (κ1) is 13.4. The molecule has 0 N–H and O–H groups in total. The van der Waals surface area contributed by atoms with Crippen molar-refractivity contribution >= 4 is 17.6 Å². The summed E-state index contributed by atoms with van der Waals surface area (Å²) < 4.78 is 9.53. The minimum atomic E-state index is -0.364. The molecule has 0 aromatic heterocycles. The number of rotatable bonds is 3. The predicted molar refractivity (Wildman–Crippen MR) is 70.1 cm³/mol. The summed E-state index contributed by atoms with van der Waals surface area (Å²) in [6.45, 7) is 1.30. The minimum absolute atomic E-state index is 0.129. The van der Waals surface area contributed by atoms with Gasteiger partial charge in [-0.05, 0) is 18.6 Å². The van der Waals surface area contributed by atoms with Crippen molar-refractivity contribution in [2.24, 2.45) is 5.92 Å². The molecule has 5 nitrogen and oxygen atoms in total. The van der Waals surface area contributed by atoms with Gasteiger partial charge in [-0.15, -0.1) is 0 Å². The van der Waals surface area contributed by atoms with Crippen molar-refractivity contribution < 1.29 is 19.1 Å². The molecule has 1 saturated heterocycles. The van der Waals surface area contributed by atoms with Gasteiger partial charge in [0.25, 0.3) is 0 Å². The maximum Gasteiger partial charge on any atom is 0.339 e. The van der Waals surface area contributed by atoms with E-state index in [1.54, 1.807) is 12.1 Å². The highest BCUT2D eigenvalue weighted by molar-refractivity contribution is 5.96. The molecule has 1 aliphatic heterocycles. The average molecular weight is 263 g/mol. The highest BCUT2D eigenvalue weighted by atomic mass is 16.5. The fraction of sp³-hybridized carbons (Fsp3) is 0.429. The van der Waals surface area contributed by atoms with Gasteiger partial charge >= 0.3 is 11.9 Å². The Balaban J connectivity index is 2.20. The molecule has 1 unspecified atom stereocenters. The highest BCUT2D eigenvalue weighted by Crippen LogP contribution is 2.28. The van der Waals surface area contributed by atoms with E-state index in [0.29, 0.717) is 12.1 Å². The molecule has 0 saturated carbocycles. The Morgan fingerprint density at radius 1 is 1.21 bits per heavy atom. The van der Waals surface area contributed by atoms with Crippen LogP contribution in [-0.4, -0.2) is 39.2 Å². The topological polar surface area (TPSA) is 55.8 Å². The lowest BCUT2D eigenvalue weighted by atomic mass is 10.1. The number of para-hydroxylation sites is 1. The lowest BCUT2D eigenvalue weighted by Gasteiger charge is -2.20. The third-order valence-corrected chi connectivity index (χ3v) is 3.37. The van der Waals surface area contributed by atoms with E-state index in [4.69, 9.17) is 9.47 Å². The maximum absolute atomic E-state index is 11.7. The molecule has 1 aromatic rings. The Hall–Kier alpha value is -2.04. The van der Waals surface area contributed by atoms with Crippen LogP contribution >= 0.6 is 0 Å². The molecule has 0 bridgehead atoms. The molecule has 1 aromatic carbocycles. The predicted octanol–water partition coefficient (Wildman–Crippen LogP) is 1.47. The Bertz CT molecular complexity index is 486. The number of hydrogen-bond donors (Lipinski definition) is 0. The van der Waals surface area contributed by atoms with E-state index in [2.05, 4.69) is 0 Å². The van der Waals surface area contributed by atoms with Gasteiger partial charge in [0.1, 0.15) is 0 Å². The number of nitrogens with zero attached hydrogens (tertiary/aromatic N) is 1.